The maximum atomic E-state index is 13.9. The van der Waals surface area contributed by atoms with Gasteiger partial charge in [-0.2, -0.15) is 8.78 Å². The first-order valence-electron chi connectivity index (χ1n) is 5.86. The summed E-state index contributed by atoms with van der Waals surface area (Å²) >= 11 is 11.3. The molecule has 0 spiro atoms. The smallest absolute Gasteiger partial charge is 0.350 e. The second-order valence-corrected chi connectivity index (χ2v) is 10.2. The van der Waals surface area contributed by atoms with Gasteiger partial charge in [0.15, 0.2) is 0 Å². The molecule has 0 aliphatic heterocycles. The normalized spacial score (nSPS) is 12.4. The van der Waals surface area contributed by atoms with E-state index in [4.69, 9.17) is 27.2 Å². The maximum absolute atomic E-state index is 13.9. The lowest BCUT2D eigenvalue weighted by Crippen LogP contribution is -2.08. The van der Waals surface area contributed by atoms with Crippen LogP contribution in [0.2, 0.25) is 0 Å². The van der Waals surface area contributed by atoms with Crippen molar-refractivity contribution in [1.82, 2.24) is 0 Å². The lowest BCUT2D eigenvalue weighted by Gasteiger charge is -2.17. The highest BCUT2D eigenvalue weighted by Gasteiger charge is 2.49. The number of fused-ring (bicyclic) bond motifs is 1. The van der Waals surface area contributed by atoms with Gasteiger partial charge >= 0.3 is 17.5 Å². The number of rotatable bonds is 5. The number of ether oxygens (including phenoxy) is 1. The van der Waals surface area contributed by atoms with Crippen molar-refractivity contribution >= 4 is 55.7 Å². The molecule has 22 heavy (non-hydrogen) atoms. The van der Waals surface area contributed by atoms with Gasteiger partial charge in [-0.05, 0) is 46.1 Å². The molecule has 2 aromatic rings. The van der Waals surface area contributed by atoms with Crippen LogP contribution in [-0.4, -0.2) is 12.6 Å². The number of alkyl halides is 2. The van der Waals surface area contributed by atoms with Crippen LogP contribution >= 0.6 is 39.7 Å². The highest BCUT2D eigenvalue weighted by atomic mass is 35.9. The Hall–Kier alpha value is -0.940. The first kappa shape index (κ1) is 17.4. The SMILES string of the molecule is C=CCOC(=O)c1cc2cc(C(F)(F)P(=O)(Cl)Cl)ccc2s1. The number of thiophene rings is 1. The van der Waals surface area contributed by atoms with Crippen molar-refractivity contribution in [3.63, 3.8) is 0 Å². The van der Waals surface area contributed by atoms with Crippen molar-refractivity contribution in [3.05, 3.63) is 47.4 Å². The van der Waals surface area contributed by atoms with Gasteiger partial charge in [-0.25, -0.2) is 4.79 Å². The number of halogens is 4. The van der Waals surface area contributed by atoms with Crippen LogP contribution < -0.4 is 0 Å². The molecule has 0 saturated heterocycles. The van der Waals surface area contributed by atoms with E-state index in [9.17, 15) is 18.1 Å². The average Bonchev–Trinajstić information content (AvgIpc) is 2.86. The summed E-state index contributed by atoms with van der Waals surface area (Å²) in [6.45, 7) is 3.48. The summed E-state index contributed by atoms with van der Waals surface area (Å²) < 4.78 is 44.6. The fourth-order valence-electron chi connectivity index (χ4n) is 1.69. The molecule has 0 unspecified atom stereocenters. The second kappa shape index (κ2) is 6.28. The Bertz CT molecular complexity index is 785. The Kier molecular flexibility index (Phi) is 4.97. The van der Waals surface area contributed by atoms with Crippen LogP contribution in [0.3, 0.4) is 0 Å². The number of carbonyl (C=O) groups is 1. The van der Waals surface area contributed by atoms with Crippen molar-refractivity contribution in [2.75, 3.05) is 6.61 Å². The molecule has 1 aromatic carbocycles. The molecular formula is C13H9Cl2F2O3PS. The fraction of sp³-hybridized carbons (Fsp3) is 0.154. The highest BCUT2D eigenvalue weighted by Crippen LogP contribution is 2.72. The van der Waals surface area contributed by atoms with Crippen LogP contribution in [0.4, 0.5) is 8.78 Å². The monoisotopic (exact) mass is 384 g/mol. The summed E-state index contributed by atoms with van der Waals surface area (Å²) in [6.07, 6.45) is 1.42. The summed E-state index contributed by atoms with van der Waals surface area (Å²) in [5.41, 5.74) is -4.44. The van der Waals surface area contributed by atoms with Crippen LogP contribution in [0.1, 0.15) is 15.2 Å². The van der Waals surface area contributed by atoms with E-state index < -0.39 is 23.0 Å². The maximum Gasteiger partial charge on any atom is 0.350 e. The number of benzene rings is 1. The molecule has 0 N–H and O–H groups in total. The number of hydrogen-bond acceptors (Lipinski definition) is 4. The molecule has 3 nitrogen and oxygen atoms in total. The highest BCUT2D eigenvalue weighted by molar-refractivity contribution is 8.09. The topological polar surface area (TPSA) is 43.4 Å². The lowest BCUT2D eigenvalue weighted by molar-refractivity contribution is 0.0555. The van der Waals surface area contributed by atoms with Gasteiger partial charge in [0.05, 0.1) is 0 Å². The van der Waals surface area contributed by atoms with E-state index in [1.54, 1.807) is 0 Å². The molecule has 0 saturated carbocycles. The Morgan fingerprint density at radius 1 is 1.41 bits per heavy atom. The van der Waals surface area contributed by atoms with E-state index in [0.29, 0.717) is 10.1 Å². The molecule has 0 aliphatic rings. The minimum atomic E-state index is -4.68. The third kappa shape index (κ3) is 3.35. The van der Waals surface area contributed by atoms with Crippen molar-refractivity contribution in [2.24, 2.45) is 0 Å². The van der Waals surface area contributed by atoms with Crippen molar-refractivity contribution in [1.29, 1.82) is 0 Å². The molecule has 1 aromatic heterocycles. The number of esters is 1. The van der Waals surface area contributed by atoms with E-state index >= 15 is 0 Å². The summed E-state index contributed by atoms with van der Waals surface area (Å²) in [5, 5.41) is 0.384. The van der Waals surface area contributed by atoms with Crippen LogP contribution in [0.5, 0.6) is 0 Å². The van der Waals surface area contributed by atoms with Crippen LogP contribution in [0.15, 0.2) is 36.9 Å². The molecular weight excluding hydrogens is 376 g/mol. The van der Waals surface area contributed by atoms with Crippen molar-refractivity contribution < 1.29 is 22.9 Å². The zero-order chi connectivity index (χ0) is 16.5. The van der Waals surface area contributed by atoms with E-state index in [1.165, 1.54) is 18.2 Å². The zero-order valence-electron chi connectivity index (χ0n) is 10.9. The minimum absolute atomic E-state index is 0.0536. The number of carbonyl (C=O) groups excluding carboxylic acids is 1. The van der Waals surface area contributed by atoms with E-state index in [-0.39, 0.29) is 11.5 Å². The van der Waals surface area contributed by atoms with Gasteiger partial charge in [0.25, 0.3) is 0 Å². The van der Waals surface area contributed by atoms with Gasteiger partial charge in [0.1, 0.15) is 11.5 Å². The first-order chi connectivity index (χ1) is 10.2. The van der Waals surface area contributed by atoms with Crippen LogP contribution in [-0.2, 0) is 15.0 Å². The van der Waals surface area contributed by atoms with Gasteiger partial charge < -0.3 is 4.74 Å². The summed E-state index contributed by atoms with van der Waals surface area (Å²) in [4.78, 5) is 12.0. The van der Waals surface area contributed by atoms with E-state index in [1.807, 2.05) is 0 Å². The molecule has 2 rings (SSSR count). The van der Waals surface area contributed by atoms with E-state index in [0.717, 1.165) is 23.5 Å². The molecule has 0 bridgehead atoms. The Balaban J connectivity index is 2.42. The van der Waals surface area contributed by atoms with Gasteiger partial charge in [-0.15, -0.1) is 11.3 Å². The van der Waals surface area contributed by atoms with Gasteiger partial charge in [-0.1, -0.05) is 18.7 Å². The zero-order valence-corrected chi connectivity index (χ0v) is 14.1. The Labute approximate surface area is 138 Å². The average molecular weight is 385 g/mol. The molecule has 0 aliphatic carbocycles. The molecule has 0 radical (unpaired) electrons. The van der Waals surface area contributed by atoms with E-state index in [2.05, 4.69) is 6.58 Å². The van der Waals surface area contributed by atoms with Crippen molar-refractivity contribution in [3.8, 4) is 0 Å². The largest absolute Gasteiger partial charge is 0.457 e. The van der Waals surface area contributed by atoms with Gasteiger partial charge in [0.2, 0.25) is 0 Å². The number of hydrogen-bond donors (Lipinski definition) is 0. The summed E-state index contributed by atoms with van der Waals surface area (Å²) in [6, 6.07) is 4.98. The predicted octanol–water partition coefficient (Wildman–Crippen LogP) is 5.96. The van der Waals surface area contributed by atoms with Crippen LogP contribution in [0, 0.1) is 0 Å². The Morgan fingerprint density at radius 2 is 2.09 bits per heavy atom. The molecule has 0 fully saturated rings. The lowest BCUT2D eigenvalue weighted by atomic mass is 10.1. The standard InChI is InChI=1S/C13H9Cl2F2O3PS/c1-2-5-20-12(18)11-7-8-6-9(3-4-10(8)22-11)13(16,17)21(14,15)19/h2-4,6-7H,1,5H2. The Morgan fingerprint density at radius 3 is 2.68 bits per heavy atom. The quantitative estimate of drug-likeness (QED) is 0.362. The van der Waals surface area contributed by atoms with Crippen molar-refractivity contribution in [2.45, 2.75) is 5.66 Å². The second-order valence-electron chi connectivity index (χ2n) is 4.25. The van der Waals surface area contributed by atoms with Crippen LogP contribution in [0.25, 0.3) is 10.1 Å². The minimum Gasteiger partial charge on any atom is -0.457 e. The predicted molar refractivity (Wildman–Crippen MR) is 85.5 cm³/mol. The summed E-state index contributed by atoms with van der Waals surface area (Å²) in [7, 11) is 0. The fourth-order valence-corrected chi connectivity index (χ4v) is 3.65. The molecule has 0 amide bonds. The van der Waals surface area contributed by atoms with Gasteiger partial charge in [-0.3, -0.25) is 4.57 Å². The van der Waals surface area contributed by atoms with Gasteiger partial charge in [0, 0.05) is 10.3 Å². The molecule has 9 heteroatoms. The first-order valence-corrected chi connectivity index (χ1v) is 10.2. The third-order valence-electron chi connectivity index (χ3n) is 2.72. The molecule has 0 atom stereocenters. The summed E-state index contributed by atoms with van der Waals surface area (Å²) in [5.74, 6) is -5.26. The third-order valence-corrected chi connectivity index (χ3v) is 6.01. The molecule has 118 valence electrons. The molecule has 1 heterocycles.